The van der Waals surface area contributed by atoms with E-state index in [0.29, 0.717) is 28.8 Å². The molecule has 5 nitrogen and oxygen atoms in total. The summed E-state index contributed by atoms with van der Waals surface area (Å²) in [5.74, 6) is 1.24. The molecule has 0 fully saturated rings. The lowest BCUT2D eigenvalue weighted by atomic mass is 10.3. The van der Waals surface area contributed by atoms with Gasteiger partial charge in [0.1, 0.15) is 11.5 Å². The molecule has 0 aromatic heterocycles. The molecular formula is C17H19ClN2O3. The highest BCUT2D eigenvalue weighted by atomic mass is 35.5. The number of hydrogen-bond acceptors (Lipinski definition) is 3. The summed E-state index contributed by atoms with van der Waals surface area (Å²) < 4.78 is 11.1. The number of benzene rings is 2. The Kier molecular flexibility index (Phi) is 6.11. The molecule has 1 atom stereocenters. The molecule has 2 N–H and O–H groups in total. The van der Waals surface area contributed by atoms with Gasteiger partial charge < -0.3 is 20.1 Å². The molecule has 0 bridgehead atoms. The van der Waals surface area contributed by atoms with E-state index in [1.165, 1.54) is 0 Å². The minimum absolute atomic E-state index is 0.376. The fraction of sp³-hybridized carbons (Fsp3) is 0.235. The lowest BCUT2D eigenvalue weighted by Gasteiger charge is -2.17. The second-order valence-corrected chi connectivity index (χ2v) is 5.18. The van der Waals surface area contributed by atoms with Gasteiger partial charge in [-0.2, -0.15) is 0 Å². The highest BCUT2D eigenvalue weighted by Gasteiger charge is 2.11. The highest BCUT2D eigenvalue weighted by molar-refractivity contribution is 6.30. The average molecular weight is 335 g/mol. The van der Waals surface area contributed by atoms with E-state index in [1.807, 2.05) is 19.1 Å². The fourth-order valence-electron chi connectivity index (χ4n) is 1.94. The minimum atomic E-state index is -0.504. The van der Waals surface area contributed by atoms with Crippen molar-refractivity contribution in [3.05, 3.63) is 53.6 Å². The zero-order chi connectivity index (χ0) is 16.7. The second kappa shape index (κ2) is 8.29. The van der Waals surface area contributed by atoms with Gasteiger partial charge in [0.2, 0.25) is 0 Å². The third kappa shape index (κ3) is 5.38. The van der Waals surface area contributed by atoms with Crippen molar-refractivity contribution in [3.63, 3.8) is 0 Å². The molecule has 1 unspecified atom stereocenters. The molecule has 0 aliphatic heterocycles. The van der Waals surface area contributed by atoms with Crippen LogP contribution < -0.4 is 20.1 Å². The molecule has 23 heavy (non-hydrogen) atoms. The van der Waals surface area contributed by atoms with Gasteiger partial charge in [0.15, 0.2) is 6.23 Å². The quantitative estimate of drug-likeness (QED) is 0.775. The predicted molar refractivity (Wildman–Crippen MR) is 91.3 cm³/mol. The molecule has 0 spiro atoms. The summed E-state index contributed by atoms with van der Waals surface area (Å²) >= 11 is 5.82. The first-order chi connectivity index (χ1) is 11.1. The van der Waals surface area contributed by atoms with Gasteiger partial charge in [-0.15, -0.1) is 0 Å². The van der Waals surface area contributed by atoms with Crippen molar-refractivity contribution in [2.24, 2.45) is 0 Å². The largest absolute Gasteiger partial charge is 0.492 e. The Hall–Kier alpha value is -2.40. The number of ether oxygens (including phenoxy) is 2. The number of nitrogens with one attached hydrogen (secondary N) is 2. The summed E-state index contributed by atoms with van der Waals surface area (Å²) in [6.45, 7) is 4.15. The Bertz CT molecular complexity index is 647. The van der Waals surface area contributed by atoms with Crippen LogP contribution in [0.2, 0.25) is 5.02 Å². The number of carbonyl (C=O) groups is 1. The van der Waals surface area contributed by atoms with E-state index in [1.54, 1.807) is 43.3 Å². The summed E-state index contributed by atoms with van der Waals surface area (Å²) in [6, 6.07) is 13.8. The van der Waals surface area contributed by atoms with Crippen LogP contribution in [0.4, 0.5) is 10.5 Å². The summed E-state index contributed by atoms with van der Waals surface area (Å²) in [5, 5.41) is 6.07. The van der Waals surface area contributed by atoms with Crippen LogP contribution in [0.3, 0.4) is 0 Å². The van der Waals surface area contributed by atoms with E-state index in [-0.39, 0.29) is 6.03 Å². The van der Waals surface area contributed by atoms with Crippen LogP contribution in [0.25, 0.3) is 0 Å². The van der Waals surface area contributed by atoms with E-state index in [2.05, 4.69) is 10.6 Å². The lowest BCUT2D eigenvalue weighted by molar-refractivity contribution is 0.183. The predicted octanol–water partition coefficient (Wildman–Crippen LogP) is 4.29. The Labute approximate surface area is 140 Å². The zero-order valence-electron chi connectivity index (χ0n) is 13.0. The second-order valence-electron chi connectivity index (χ2n) is 4.74. The Balaban J connectivity index is 1.90. The fourth-order valence-corrected chi connectivity index (χ4v) is 2.07. The van der Waals surface area contributed by atoms with Gasteiger partial charge in [-0.1, -0.05) is 23.7 Å². The molecular weight excluding hydrogens is 316 g/mol. The van der Waals surface area contributed by atoms with E-state index in [9.17, 15) is 4.79 Å². The van der Waals surface area contributed by atoms with Gasteiger partial charge in [-0.25, -0.2) is 4.79 Å². The number of rotatable bonds is 6. The first kappa shape index (κ1) is 17.0. The standard InChI is InChI=1S/C17H19ClN2O3/c1-3-22-16-7-5-4-6-15(16)20-17(21)19-12(2)23-14-10-8-13(18)9-11-14/h4-12H,3H2,1-2H3,(H2,19,20,21). The molecule has 6 heteroatoms. The molecule has 2 aromatic carbocycles. The van der Waals surface area contributed by atoms with Crippen LogP contribution >= 0.6 is 11.6 Å². The molecule has 2 aromatic rings. The van der Waals surface area contributed by atoms with Crippen molar-refractivity contribution >= 4 is 23.3 Å². The molecule has 2 rings (SSSR count). The van der Waals surface area contributed by atoms with Crippen molar-refractivity contribution in [2.45, 2.75) is 20.1 Å². The maximum absolute atomic E-state index is 12.0. The van der Waals surface area contributed by atoms with Crippen LogP contribution in [0, 0.1) is 0 Å². The van der Waals surface area contributed by atoms with Crippen LogP contribution in [-0.4, -0.2) is 18.9 Å². The van der Waals surface area contributed by atoms with Crippen LogP contribution in [0.5, 0.6) is 11.5 Å². The van der Waals surface area contributed by atoms with Gasteiger partial charge in [0.25, 0.3) is 0 Å². The number of hydrogen-bond donors (Lipinski definition) is 2. The van der Waals surface area contributed by atoms with Crippen LogP contribution in [0.1, 0.15) is 13.8 Å². The van der Waals surface area contributed by atoms with E-state index < -0.39 is 6.23 Å². The molecule has 0 aliphatic rings. The van der Waals surface area contributed by atoms with Gasteiger partial charge in [-0.3, -0.25) is 0 Å². The average Bonchev–Trinajstić information content (AvgIpc) is 2.51. The molecule has 122 valence electrons. The molecule has 0 saturated carbocycles. The lowest BCUT2D eigenvalue weighted by Crippen LogP contribution is -2.39. The number of carbonyl (C=O) groups excluding carboxylic acids is 1. The summed E-state index contributed by atoms with van der Waals surface area (Å²) in [5.41, 5.74) is 0.602. The third-order valence-corrected chi connectivity index (χ3v) is 3.15. The van der Waals surface area contributed by atoms with Gasteiger partial charge in [0, 0.05) is 5.02 Å². The number of anilines is 1. The van der Waals surface area contributed by atoms with E-state index >= 15 is 0 Å². The number of para-hydroxylation sites is 2. The highest BCUT2D eigenvalue weighted by Crippen LogP contribution is 2.23. The van der Waals surface area contributed by atoms with Crippen molar-refractivity contribution in [2.75, 3.05) is 11.9 Å². The molecule has 0 heterocycles. The van der Waals surface area contributed by atoms with Gasteiger partial charge in [0.05, 0.1) is 12.3 Å². The monoisotopic (exact) mass is 334 g/mol. The molecule has 0 aliphatic carbocycles. The van der Waals surface area contributed by atoms with Crippen molar-refractivity contribution in [1.82, 2.24) is 5.32 Å². The van der Waals surface area contributed by atoms with Crippen molar-refractivity contribution < 1.29 is 14.3 Å². The Morgan fingerprint density at radius 3 is 2.57 bits per heavy atom. The number of halogens is 1. The maximum Gasteiger partial charge on any atom is 0.322 e. The Morgan fingerprint density at radius 2 is 1.87 bits per heavy atom. The first-order valence-corrected chi connectivity index (χ1v) is 7.68. The van der Waals surface area contributed by atoms with Gasteiger partial charge in [-0.05, 0) is 50.2 Å². The molecule has 0 saturated heterocycles. The number of amides is 2. The Morgan fingerprint density at radius 1 is 1.17 bits per heavy atom. The SMILES string of the molecule is CCOc1ccccc1NC(=O)NC(C)Oc1ccc(Cl)cc1. The van der Waals surface area contributed by atoms with E-state index in [0.717, 1.165) is 0 Å². The van der Waals surface area contributed by atoms with Crippen LogP contribution in [0.15, 0.2) is 48.5 Å². The van der Waals surface area contributed by atoms with Crippen molar-refractivity contribution in [1.29, 1.82) is 0 Å². The topological polar surface area (TPSA) is 59.6 Å². The normalized spacial score (nSPS) is 11.4. The van der Waals surface area contributed by atoms with Crippen molar-refractivity contribution in [3.8, 4) is 11.5 Å². The van der Waals surface area contributed by atoms with E-state index in [4.69, 9.17) is 21.1 Å². The summed E-state index contributed by atoms with van der Waals surface area (Å²) in [6.07, 6.45) is -0.504. The zero-order valence-corrected chi connectivity index (χ0v) is 13.8. The molecule has 0 radical (unpaired) electrons. The summed E-state index contributed by atoms with van der Waals surface area (Å²) in [7, 11) is 0. The minimum Gasteiger partial charge on any atom is -0.492 e. The summed E-state index contributed by atoms with van der Waals surface area (Å²) in [4.78, 5) is 12.0. The molecule has 2 amide bonds. The maximum atomic E-state index is 12.0. The van der Waals surface area contributed by atoms with Crippen LogP contribution in [-0.2, 0) is 0 Å². The smallest absolute Gasteiger partial charge is 0.322 e. The third-order valence-electron chi connectivity index (χ3n) is 2.90. The number of urea groups is 1. The first-order valence-electron chi connectivity index (χ1n) is 7.30. The van der Waals surface area contributed by atoms with Gasteiger partial charge >= 0.3 is 6.03 Å².